The van der Waals surface area contributed by atoms with Gasteiger partial charge in [-0.3, -0.25) is 0 Å². The molecule has 6 heteroatoms. The van der Waals surface area contributed by atoms with E-state index in [-0.39, 0.29) is 6.10 Å². The Bertz CT molecular complexity index is 314. The molecule has 94 valence electrons. The number of rotatable bonds is 7. The molecule has 0 bridgehead atoms. The summed E-state index contributed by atoms with van der Waals surface area (Å²) in [4.78, 5) is 0. The number of nitrogens with one attached hydrogen (secondary N) is 2. The van der Waals surface area contributed by atoms with Crippen molar-refractivity contribution < 1.29 is 13.2 Å². The van der Waals surface area contributed by atoms with Gasteiger partial charge >= 0.3 is 0 Å². The van der Waals surface area contributed by atoms with Gasteiger partial charge in [-0.1, -0.05) is 0 Å². The van der Waals surface area contributed by atoms with Gasteiger partial charge in [-0.25, -0.2) is 13.1 Å². The van der Waals surface area contributed by atoms with E-state index in [1.165, 1.54) is 6.26 Å². The Morgan fingerprint density at radius 3 is 2.88 bits per heavy atom. The largest absolute Gasteiger partial charge is 0.497 e. The number of allylic oxidation sites excluding steroid dienone is 1. The monoisotopic (exact) mass is 248 g/mol. The number of hydrogen-bond acceptors (Lipinski definition) is 4. The molecule has 1 aliphatic heterocycles. The van der Waals surface area contributed by atoms with Gasteiger partial charge < -0.3 is 10.1 Å². The third kappa shape index (κ3) is 6.81. The molecule has 0 radical (unpaired) electrons. The maximum Gasteiger partial charge on any atom is 0.208 e. The molecule has 2 N–H and O–H groups in total. The SMILES string of the molecule is CS(=O)(=O)NCCCNCC1CCC=CO1. The van der Waals surface area contributed by atoms with Crippen LogP contribution in [0.3, 0.4) is 0 Å². The molecule has 0 aromatic carbocycles. The second-order valence-corrected chi connectivity index (χ2v) is 5.76. The van der Waals surface area contributed by atoms with E-state index in [0.29, 0.717) is 6.54 Å². The average Bonchev–Trinajstić information content (AvgIpc) is 2.23. The molecule has 1 unspecified atom stereocenters. The first-order valence-electron chi connectivity index (χ1n) is 5.54. The third-order valence-corrected chi connectivity index (χ3v) is 3.02. The van der Waals surface area contributed by atoms with E-state index >= 15 is 0 Å². The smallest absolute Gasteiger partial charge is 0.208 e. The van der Waals surface area contributed by atoms with Gasteiger partial charge in [-0.05, 0) is 31.9 Å². The van der Waals surface area contributed by atoms with Crippen LogP contribution in [0.2, 0.25) is 0 Å². The van der Waals surface area contributed by atoms with Crippen molar-refractivity contribution in [1.29, 1.82) is 0 Å². The average molecular weight is 248 g/mol. The van der Waals surface area contributed by atoms with E-state index in [4.69, 9.17) is 4.74 Å². The molecule has 0 saturated heterocycles. The van der Waals surface area contributed by atoms with Crippen LogP contribution in [0.5, 0.6) is 0 Å². The topological polar surface area (TPSA) is 67.4 Å². The summed E-state index contributed by atoms with van der Waals surface area (Å²) in [6.45, 7) is 2.10. The summed E-state index contributed by atoms with van der Waals surface area (Å²) in [5.74, 6) is 0. The highest BCUT2D eigenvalue weighted by Gasteiger charge is 2.09. The molecule has 0 aromatic rings. The van der Waals surface area contributed by atoms with Crippen molar-refractivity contribution in [2.75, 3.05) is 25.9 Å². The van der Waals surface area contributed by atoms with Gasteiger partial charge in [0.2, 0.25) is 10.0 Å². The lowest BCUT2D eigenvalue weighted by molar-refractivity contribution is 0.122. The van der Waals surface area contributed by atoms with Crippen LogP contribution in [-0.2, 0) is 14.8 Å². The highest BCUT2D eigenvalue weighted by molar-refractivity contribution is 7.88. The van der Waals surface area contributed by atoms with E-state index in [2.05, 4.69) is 10.0 Å². The summed E-state index contributed by atoms with van der Waals surface area (Å²) in [7, 11) is -3.04. The van der Waals surface area contributed by atoms with E-state index in [0.717, 1.165) is 32.4 Å². The molecular weight excluding hydrogens is 228 g/mol. The first kappa shape index (κ1) is 13.5. The predicted molar refractivity (Wildman–Crippen MR) is 63.6 cm³/mol. The standard InChI is InChI=1S/C10H20N2O3S/c1-16(13,14)12-7-4-6-11-9-10-5-2-3-8-15-10/h3,8,10-12H,2,4-7,9H2,1H3. The molecule has 0 fully saturated rings. The van der Waals surface area contributed by atoms with Gasteiger partial charge in [0.05, 0.1) is 12.5 Å². The zero-order chi connectivity index (χ0) is 11.9. The second kappa shape index (κ2) is 6.88. The Kier molecular flexibility index (Phi) is 5.79. The minimum atomic E-state index is -3.04. The van der Waals surface area contributed by atoms with E-state index in [1.807, 2.05) is 6.08 Å². The molecule has 16 heavy (non-hydrogen) atoms. The summed E-state index contributed by atoms with van der Waals surface area (Å²) < 4.78 is 29.3. The van der Waals surface area contributed by atoms with Crippen LogP contribution in [0.1, 0.15) is 19.3 Å². The molecule has 1 rings (SSSR count). The van der Waals surface area contributed by atoms with Crippen LogP contribution in [0.15, 0.2) is 12.3 Å². The van der Waals surface area contributed by atoms with Crippen molar-refractivity contribution >= 4 is 10.0 Å². The lowest BCUT2D eigenvalue weighted by Gasteiger charge is -2.19. The van der Waals surface area contributed by atoms with Crippen molar-refractivity contribution in [1.82, 2.24) is 10.0 Å². The van der Waals surface area contributed by atoms with Crippen LogP contribution in [0.25, 0.3) is 0 Å². The summed E-state index contributed by atoms with van der Waals surface area (Å²) in [5, 5.41) is 3.25. The molecule has 0 aliphatic carbocycles. The van der Waals surface area contributed by atoms with E-state index in [9.17, 15) is 8.42 Å². The summed E-state index contributed by atoms with van der Waals surface area (Å²) in [5.41, 5.74) is 0. The Morgan fingerprint density at radius 2 is 2.25 bits per heavy atom. The minimum absolute atomic E-state index is 0.257. The van der Waals surface area contributed by atoms with Crippen LogP contribution < -0.4 is 10.0 Å². The van der Waals surface area contributed by atoms with Gasteiger partial charge in [0, 0.05) is 13.1 Å². The lowest BCUT2D eigenvalue weighted by Crippen LogP contribution is -2.31. The van der Waals surface area contributed by atoms with Crippen molar-refractivity contribution in [3.05, 3.63) is 12.3 Å². The molecule has 5 nitrogen and oxygen atoms in total. The first-order chi connectivity index (χ1) is 7.58. The number of ether oxygens (including phenoxy) is 1. The number of hydrogen-bond donors (Lipinski definition) is 2. The van der Waals surface area contributed by atoms with Crippen LogP contribution in [0, 0.1) is 0 Å². The quantitative estimate of drug-likeness (QED) is 0.632. The maximum absolute atomic E-state index is 10.8. The Labute approximate surface area is 97.3 Å². The van der Waals surface area contributed by atoms with Crippen LogP contribution in [0.4, 0.5) is 0 Å². The van der Waals surface area contributed by atoms with Crippen molar-refractivity contribution in [3.63, 3.8) is 0 Å². The minimum Gasteiger partial charge on any atom is -0.497 e. The van der Waals surface area contributed by atoms with Gasteiger partial charge in [-0.2, -0.15) is 0 Å². The Morgan fingerprint density at radius 1 is 1.44 bits per heavy atom. The Hall–Kier alpha value is -0.590. The Balaban J connectivity index is 1.94. The highest BCUT2D eigenvalue weighted by atomic mass is 32.2. The summed E-state index contributed by atoms with van der Waals surface area (Å²) in [6, 6.07) is 0. The molecule has 1 heterocycles. The zero-order valence-corrected chi connectivity index (χ0v) is 10.4. The lowest BCUT2D eigenvalue weighted by atomic mass is 10.1. The van der Waals surface area contributed by atoms with Crippen molar-refractivity contribution in [2.45, 2.75) is 25.4 Å². The van der Waals surface area contributed by atoms with Gasteiger partial charge in [0.15, 0.2) is 0 Å². The highest BCUT2D eigenvalue weighted by Crippen LogP contribution is 2.08. The number of sulfonamides is 1. The maximum atomic E-state index is 10.8. The van der Waals surface area contributed by atoms with Crippen LogP contribution >= 0.6 is 0 Å². The molecular formula is C10H20N2O3S. The van der Waals surface area contributed by atoms with E-state index < -0.39 is 10.0 Å². The van der Waals surface area contributed by atoms with Gasteiger partial charge in [-0.15, -0.1) is 0 Å². The molecule has 0 spiro atoms. The predicted octanol–water partition coefficient (Wildman–Crippen LogP) is 0.208. The summed E-state index contributed by atoms with van der Waals surface area (Å²) in [6.07, 6.45) is 8.10. The molecule has 0 amide bonds. The molecule has 0 aromatic heterocycles. The fraction of sp³-hybridized carbons (Fsp3) is 0.800. The first-order valence-corrected chi connectivity index (χ1v) is 7.43. The fourth-order valence-electron chi connectivity index (χ4n) is 1.47. The van der Waals surface area contributed by atoms with Crippen LogP contribution in [-0.4, -0.2) is 40.4 Å². The fourth-order valence-corrected chi connectivity index (χ4v) is 1.98. The zero-order valence-electron chi connectivity index (χ0n) is 9.61. The van der Waals surface area contributed by atoms with E-state index in [1.54, 1.807) is 6.26 Å². The van der Waals surface area contributed by atoms with Gasteiger partial charge in [0.1, 0.15) is 6.10 Å². The van der Waals surface area contributed by atoms with Gasteiger partial charge in [0.25, 0.3) is 0 Å². The van der Waals surface area contributed by atoms with Crippen molar-refractivity contribution in [3.8, 4) is 0 Å². The molecule has 0 saturated carbocycles. The third-order valence-electron chi connectivity index (χ3n) is 2.29. The normalized spacial score (nSPS) is 20.7. The molecule has 1 atom stereocenters. The molecule has 1 aliphatic rings. The van der Waals surface area contributed by atoms with Crippen molar-refractivity contribution in [2.24, 2.45) is 0 Å². The second-order valence-electron chi connectivity index (χ2n) is 3.93. The summed E-state index contributed by atoms with van der Waals surface area (Å²) >= 11 is 0.